The number of hydrogen-bond acceptors (Lipinski definition) is 3. The van der Waals surface area contributed by atoms with Crippen LogP contribution in [0, 0.1) is 5.92 Å². The minimum absolute atomic E-state index is 0.343. The molecular weight excluding hydrogens is 284 g/mol. The molecule has 2 N–H and O–H groups in total. The summed E-state index contributed by atoms with van der Waals surface area (Å²) in [6.45, 7) is 3.20. The van der Waals surface area contributed by atoms with Crippen LogP contribution in [0.3, 0.4) is 0 Å². The molecule has 0 saturated heterocycles. The van der Waals surface area contributed by atoms with Gasteiger partial charge in [0.2, 0.25) is 10.0 Å². The Kier molecular flexibility index (Phi) is 6.06. The van der Waals surface area contributed by atoms with Crippen molar-refractivity contribution in [3.8, 4) is 0 Å². The molecule has 1 aromatic rings. The summed E-state index contributed by atoms with van der Waals surface area (Å²) in [5.41, 5.74) is 0.671. The zero-order valence-electron chi connectivity index (χ0n) is 12.8. The van der Waals surface area contributed by atoms with Gasteiger partial charge in [0.25, 0.3) is 0 Å². The molecule has 0 bridgehead atoms. The van der Waals surface area contributed by atoms with Crippen LogP contribution in [-0.4, -0.2) is 21.5 Å². The van der Waals surface area contributed by atoms with Crippen molar-refractivity contribution in [3.05, 3.63) is 24.3 Å². The summed E-state index contributed by atoms with van der Waals surface area (Å²) in [5, 5.41) is 3.10. The Morgan fingerprint density at radius 1 is 1.14 bits per heavy atom. The second-order valence-corrected chi connectivity index (χ2v) is 7.45. The van der Waals surface area contributed by atoms with Crippen LogP contribution < -0.4 is 10.0 Å². The van der Waals surface area contributed by atoms with E-state index in [4.69, 9.17) is 0 Å². The SMILES string of the molecule is CCNc1ccccc1S(=O)(=O)NCCC1CCCCC1. The van der Waals surface area contributed by atoms with Crippen molar-refractivity contribution in [2.45, 2.75) is 50.3 Å². The number of sulfonamides is 1. The molecule has 21 heavy (non-hydrogen) atoms. The van der Waals surface area contributed by atoms with Gasteiger partial charge in [-0.05, 0) is 31.4 Å². The van der Waals surface area contributed by atoms with Crippen molar-refractivity contribution < 1.29 is 8.42 Å². The highest BCUT2D eigenvalue weighted by Crippen LogP contribution is 2.26. The summed E-state index contributed by atoms with van der Waals surface area (Å²) in [6, 6.07) is 7.07. The third-order valence-electron chi connectivity index (χ3n) is 4.11. The van der Waals surface area contributed by atoms with Crippen LogP contribution in [0.2, 0.25) is 0 Å². The monoisotopic (exact) mass is 310 g/mol. The summed E-state index contributed by atoms with van der Waals surface area (Å²) in [6.07, 6.45) is 7.35. The van der Waals surface area contributed by atoms with Crippen molar-refractivity contribution >= 4 is 15.7 Å². The van der Waals surface area contributed by atoms with Crippen LogP contribution in [0.25, 0.3) is 0 Å². The van der Waals surface area contributed by atoms with E-state index in [9.17, 15) is 8.42 Å². The molecule has 2 rings (SSSR count). The molecule has 0 heterocycles. The van der Waals surface area contributed by atoms with Crippen molar-refractivity contribution in [1.82, 2.24) is 4.72 Å². The van der Waals surface area contributed by atoms with Gasteiger partial charge in [0.05, 0.1) is 5.69 Å². The van der Waals surface area contributed by atoms with Gasteiger partial charge in [-0.3, -0.25) is 0 Å². The van der Waals surface area contributed by atoms with Crippen LogP contribution >= 0.6 is 0 Å². The predicted octanol–water partition coefficient (Wildman–Crippen LogP) is 3.37. The van der Waals surface area contributed by atoms with Crippen LogP contribution in [0.5, 0.6) is 0 Å². The molecule has 0 amide bonds. The summed E-state index contributed by atoms with van der Waals surface area (Å²) in [5.74, 6) is 0.686. The lowest BCUT2D eigenvalue weighted by Gasteiger charge is -2.21. The third-order valence-corrected chi connectivity index (χ3v) is 5.63. The molecule has 0 aromatic heterocycles. The topological polar surface area (TPSA) is 58.2 Å². The van der Waals surface area contributed by atoms with E-state index in [2.05, 4.69) is 10.0 Å². The van der Waals surface area contributed by atoms with Gasteiger partial charge in [-0.15, -0.1) is 0 Å². The molecule has 1 aromatic carbocycles. The number of hydrogen-bond donors (Lipinski definition) is 2. The second kappa shape index (κ2) is 7.80. The largest absolute Gasteiger partial charge is 0.384 e. The van der Waals surface area contributed by atoms with E-state index < -0.39 is 10.0 Å². The maximum Gasteiger partial charge on any atom is 0.242 e. The molecule has 1 aliphatic carbocycles. The van der Waals surface area contributed by atoms with E-state index in [0.717, 1.165) is 6.42 Å². The number of rotatable bonds is 7. The first kappa shape index (κ1) is 16.3. The van der Waals surface area contributed by atoms with Crippen molar-refractivity contribution in [1.29, 1.82) is 0 Å². The Morgan fingerprint density at radius 3 is 2.57 bits per heavy atom. The zero-order valence-corrected chi connectivity index (χ0v) is 13.6. The van der Waals surface area contributed by atoms with E-state index in [0.29, 0.717) is 29.6 Å². The minimum atomic E-state index is -3.43. The van der Waals surface area contributed by atoms with Gasteiger partial charge in [-0.1, -0.05) is 44.2 Å². The van der Waals surface area contributed by atoms with E-state index in [1.54, 1.807) is 18.2 Å². The van der Waals surface area contributed by atoms with Crippen molar-refractivity contribution in [3.63, 3.8) is 0 Å². The van der Waals surface area contributed by atoms with Gasteiger partial charge in [-0.2, -0.15) is 0 Å². The quantitative estimate of drug-likeness (QED) is 0.812. The van der Waals surface area contributed by atoms with Gasteiger partial charge in [0, 0.05) is 13.1 Å². The molecule has 0 aliphatic heterocycles. The molecule has 1 aliphatic rings. The fourth-order valence-electron chi connectivity index (χ4n) is 2.99. The Hall–Kier alpha value is -1.07. The molecular formula is C16H26N2O2S. The fraction of sp³-hybridized carbons (Fsp3) is 0.625. The predicted molar refractivity (Wildman–Crippen MR) is 87.0 cm³/mol. The Bertz CT molecular complexity index is 537. The highest BCUT2D eigenvalue weighted by molar-refractivity contribution is 7.89. The summed E-state index contributed by atoms with van der Waals surface area (Å²) < 4.78 is 27.6. The average molecular weight is 310 g/mol. The summed E-state index contributed by atoms with van der Waals surface area (Å²) in [7, 11) is -3.43. The Labute approximate surface area is 128 Å². The molecule has 5 heteroatoms. The second-order valence-electron chi connectivity index (χ2n) is 5.72. The molecule has 118 valence electrons. The summed E-state index contributed by atoms with van der Waals surface area (Å²) in [4.78, 5) is 0.343. The molecule has 1 saturated carbocycles. The van der Waals surface area contributed by atoms with Crippen LogP contribution in [-0.2, 0) is 10.0 Å². The highest BCUT2D eigenvalue weighted by atomic mass is 32.2. The van der Waals surface area contributed by atoms with E-state index in [1.165, 1.54) is 32.1 Å². The molecule has 0 atom stereocenters. The van der Waals surface area contributed by atoms with Crippen LogP contribution in [0.15, 0.2) is 29.2 Å². The number of para-hydroxylation sites is 1. The Morgan fingerprint density at radius 2 is 1.86 bits per heavy atom. The van der Waals surface area contributed by atoms with Crippen molar-refractivity contribution in [2.75, 3.05) is 18.4 Å². The number of benzene rings is 1. The van der Waals surface area contributed by atoms with Gasteiger partial charge in [0.15, 0.2) is 0 Å². The normalized spacial score (nSPS) is 16.8. The third kappa shape index (κ3) is 4.71. The standard InChI is InChI=1S/C16H26N2O2S/c1-2-17-15-10-6-7-11-16(15)21(19,20)18-13-12-14-8-4-3-5-9-14/h6-7,10-11,14,17-18H,2-5,8-9,12-13H2,1H3. The highest BCUT2D eigenvalue weighted by Gasteiger charge is 2.19. The summed E-state index contributed by atoms with van der Waals surface area (Å²) >= 11 is 0. The molecule has 4 nitrogen and oxygen atoms in total. The smallest absolute Gasteiger partial charge is 0.242 e. The number of anilines is 1. The van der Waals surface area contributed by atoms with Crippen molar-refractivity contribution in [2.24, 2.45) is 5.92 Å². The van der Waals surface area contributed by atoms with E-state index in [1.807, 2.05) is 13.0 Å². The van der Waals surface area contributed by atoms with E-state index >= 15 is 0 Å². The molecule has 1 fully saturated rings. The molecule has 0 unspecified atom stereocenters. The lowest BCUT2D eigenvalue weighted by molar-refractivity contribution is 0.339. The first-order valence-corrected chi connectivity index (χ1v) is 9.44. The van der Waals surface area contributed by atoms with Gasteiger partial charge < -0.3 is 5.32 Å². The lowest BCUT2D eigenvalue weighted by atomic mass is 9.87. The van der Waals surface area contributed by atoms with E-state index in [-0.39, 0.29) is 0 Å². The van der Waals surface area contributed by atoms with Gasteiger partial charge in [-0.25, -0.2) is 13.1 Å². The zero-order chi connectivity index (χ0) is 15.1. The fourth-order valence-corrected chi connectivity index (χ4v) is 4.22. The molecule has 0 radical (unpaired) electrons. The van der Waals surface area contributed by atoms with Crippen LogP contribution in [0.1, 0.15) is 45.4 Å². The maximum absolute atomic E-state index is 12.4. The van der Waals surface area contributed by atoms with Gasteiger partial charge in [0.1, 0.15) is 4.90 Å². The molecule has 0 spiro atoms. The maximum atomic E-state index is 12.4. The Balaban J connectivity index is 1.94. The van der Waals surface area contributed by atoms with Crippen LogP contribution in [0.4, 0.5) is 5.69 Å². The van der Waals surface area contributed by atoms with Gasteiger partial charge >= 0.3 is 0 Å². The lowest BCUT2D eigenvalue weighted by Crippen LogP contribution is -2.27. The average Bonchev–Trinajstić information content (AvgIpc) is 2.49. The first-order chi connectivity index (χ1) is 10.1. The number of nitrogens with one attached hydrogen (secondary N) is 2. The minimum Gasteiger partial charge on any atom is -0.384 e. The first-order valence-electron chi connectivity index (χ1n) is 7.96.